The zero-order valence-electron chi connectivity index (χ0n) is 15.3. The zero-order chi connectivity index (χ0) is 18.7. The molecular formula is C18H23N3O4S. The Morgan fingerprint density at radius 1 is 1.38 bits per heavy atom. The van der Waals surface area contributed by atoms with Crippen LogP contribution in [0.15, 0.2) is 10.6 Å². The van der Waals surface area contributed by atoms with E-state index in [1.807, 2.05) is 24.9 Å². The summed E-state index contributed by atoms with van der Waals surface area (Å²) in [6, 6.07) is 1.84. The van der Waals surface area contributed by atoms with Crippen molar-refractivity contribution in [2.45, 2.75) is 39.2 Å². The smallest absolute Gasteiger partial charge is 0.341 e. The Morgan fingerprint density at radius 3 is 2.85 bits per heavy atom. The normalized spacial score (nSPS) is 13.5. The van der Waals surface area contributed by atoms with Gasteiger partial charge in [-0.2, -0.15) is 0 Å². The highest BCUT2D eigenvalue weighted by Crippen LogP contribution is 2.38. The van der Waals surface area contributed by atoms with Crippen LogP contribution >= 0.6 is 11.3 Å². The SMILES string of the molecule is COC(=O)c1c(NC(=O)CN(C)Cc2cc(C)on2)sc2c1CCCC2. The number of aromatic nitrogens is 1. The van der Waals surface area contributed by atoms with Gasteiger partial charge in [0, 0.05) is 17.5 Å². The number of fused-ring (bicyclic) bond motifs is 1. The van der Waals surface area contributed by atoms with Crippen molar-refractivity contribution in [3.63, 3.8) is 0 Å². The minimum absolute atomic E-state index is 0.170. The number of likely N-dealkylation sites (N-methyl/N-ethyl adjacent to an activating group) is 1. The topological polar surface area (TPSA) is 84.7 Å². The summed E-state index contributed by atoms with van der Waals surface area (Å²) in [7, 11) is 3.21. The first-order chi connectivity index (χ1) is 12.5. The van der Waals surface area contributed by atoms with Crippen LogP contribution in [0, 0.1) is 6.92 Å². The van der Waals surface area contributed by atoms with E-state index in [2.05, 4.69) is 10.5 Å². The number of anilines is 1. The van der Waals surface area contributed by atoms with Crippen LogP contribution in [0.2, 0.25) is 0 Å². The van der Waals surface area contributed by atoms with Gasteiger partial charge in [0.15, 0.2) is 0 Å². The van der Waals surface area contributed by atoms with Gasteiger partial charge in [-0.1, -0.05) is 5.16 Å². The summed E-state index contributed by atoms with van der Waals surface area (Å²) in [6.45, 7) is 2.53. The number of aryl methyl sites for hydroxylation is 2. The van der Waals surface area contributed by atoms with Gasteiger partial charge in [-0.3, -0.25) is 9.69 Å². The van der Waals surface area contributed by atoms with Gasteiger partial charge in [0.25, 0.3) is 0 Å². The fraction of sp³-hybridized carbons (Fsp3) is 0.500. The van der Waals surface area contributed by atoms with Gasteiger partial charge in [0.2, 0.25) is 5.91 Å². The Balaban J connectivity index is 1.68. The molecule has 26 heavy (non-hydrogen) atoms. The number of nitrogens with zero attached hydrogens (tertiary/aromatic N) is 2. The van der Waals surface area contributed by atoms with Crippen molar-refractivity contribution in [1.29, 1.82) is 0 Å². The molecule has 0 aromatic carbocycles. The van der Waals surface area contributed by atoms with E-state index in [9.17, 15) is 9.59 Å². The molecule has 1 N–H and O–H groups in total. The van der Waals surface area contributed by atoms with Gasteiger partial charge >= 0.3 is 5.97 Å². The summed E-state index contributed by atoms with van der Waals surface area (Å²) in [6.07, 6.45) is 3.98. The molecule has 8 heteroatoms. The van der Waals surface area contributed by atoms with Crippen LogP contribution in [0.25, 0.3) is 0 Å². The number of methoxy groups -OCH3 is 1. The number of esters is 1. The molecule has 0 radical (unpaired) electrons. The van der Waals surface area contributed by atoms with E-state index in [1.165, 1.54) is 23.3 Å². The van der Waals surface area contributed by atoms with Crippen LogP contribution in [0.4, 0.5) is 5.00 Å². The highest BCUT2D eigenvalue weighted by molar-refractivity contribution is 7.17. The van der Waals surface area contributed by atoms with Crippen molar-refractivity contribution in [3.05, 3.63) is 33.5 Å². The van der Waals surface area contributed by atoms with E-state index < -0.39 is 0 Å². The van der Waals surface area contributed by atoms with Gasteiger partial charge in [-0.25, -0.2) is 4.79 Å². The molecule has 1 aliphatic carbocycles. The number of hydrogen-bond acceptors (Lipinski definition) is 7. The summed E-state index contributed by atoms with van der Waals surface area (Å²) >= 11 is 1.49. The monoisotopic (exact) mass is 377 g/mol. The molecule has 0 saturated carbocycles. The second kappa shape index (κ2) is 8.01. The summed E-state index contributed by atoms with van der Waals surface area (Å²) in [5.74, 6) is 0.187. The first-order valence-electron chi connectivity index (χ1n) is 8.61. The zero-order valence-corrected chi connectivity index (χ0v) is 16.1. The molecule has 0 spiro atoms. The highest BCUT2D eigenvalue weighted by Gasteiger charge is 2.27. The lowest BCUT2D eigenvalue weighted by Crippen LogP contribution is -2.30. The Kier molecular flexibility index (Phi) is 5.73. The summed E-state index contributed by atoms with van der Waals surface area (Å²) in [4.78, 5) is 27.7. The van der Waals surface area contributed by atoms with Crippen LogP contribution in [-0.4, -0.2) is 42.6 Å². The number of carbonyl (C=O) groups is 2. The first kappa shape index (κ1) is 18.6. The summed E-state index contributed by atoms with van der Waals surface area (Å²) in [5.41, 5.74) is 2.34. The Bertz CT molecular complexity index is 811. The number of ether oxygens (including phenoxy) is 1. The molecule has 2 heterocycles. The predicted molar refractivity (Wildman–Crippen MR) is 98.5 cm³/mol. The second-order valence-electron chi connectivity index (χ2n) is 6.56. The van der Waals surface area contributed by atoms with Crippen LogP contribution in [-0.2, 0) is 28.9 Å². The van der Waals surface area contributed by atoms with E-state index in [1.54, 1.807) is 0 Å². The molecule has 0 aliphatic heterocycles. The number of carbonyl (C=O) groups excluding carboxylic acids is 2. The summed E-state index contributed by atoms with van der Waals surface area (Å²) < 4.78 is 9.97. The Hall–Kier alpha value is -2.19. The highest BCUT2D eigenvalue weighted by atomic mass is 32.1. The van der Waals surface area contributed by atoms with Gasteiger partial charge < -0.3 is 14.6 Å². The van der Waals surface area contributed by atoms with Crippen LogP contribution in [0.3, 0.4) is 0 Å². The molecule has 0 unspecified atom stereocenters. The van der Waals surface area contributed by atoms with Gasteiger partial charge in [-0.15, -0.1) is 11.3 Å². The van der Waals surface area contributed by atoms with E-state index in [-0.39, 0.29) is 18.4 Å². The molecule has 0 saturated heterocycles. The number of rotatable bonds is 6. The minimum Gasteiger partial charge on any atom is -0.465 e. The number of thiophene rings is 1. The maximum absolute atomic E-state index is 12.5. The predicted octanol–water partition coefficient (Wildman–Crippen LogP) is 2.78. The first-order valence-corrected chi connectivity index (χ1v) is 9.43. The molecule has 0 atom stereocenters. The van der Waals surface area contributed by atoms with E-state index >= 15 is 0 Å². The molecule has 3 rings (SSSR count). The van der Waals surface area contributed by atoms with Crippen molar-refractivity contribution < 1.29 is 18.8 Å². The summed E-state index contributed by atoms with van der Waals surface area (Å²) in [5, 5.41) is 7.43. The van der Waals surface area contributed by atoms with Gasteiger partial charge in [0.1, 0.15) is 10.8 Å². The average molecular weight is 377 g/mol. The molecular weight excluding hydrogens is 354 g/mol. The van der Waals surface area contributed by atoms with E-state index in [0.717, 1.165) is 42.7 Å². The number of amides is 1. The maximum Gasteiger partial charge on any atom is 0.341 e. The molecule has 0 bridgehead atoms. The molecule has 2 aromatic rings. The lowest BCUT2D eigenvalue weighted by Gasteiger charge is -2.14. The lowest BCUT2D eigenvalue weighted by molar-refractivity contribution is -0.117. The van der Waals surface area contributed by atoms with Crippen molar-refractivity contribution in [1.82, 2.24) is 10.1 Å². The molecule has 2 aromatic heterocycles. The van der Waals surface area contributed by atoms with Crippen LogP contribution < -0.4 is 5.32 Å². The van der Waals surface area contributed by atoms with E-state index in [0.29, 0.717) is 17.1 Å². The van der Waals surface area contributed by atoms with Crippen molar-refractivity contribution >= 4 is 28.2 Å². The van der Waals surface area contributed by atoms with Crippen LogP contribution in [0.5, 0.6) is 0 Å². The molecule has 1 amide bonds. The standard InChI is InChI=1S/C18H23N3O4S/c1-11-8-12(20-25-11)9-21(2)10-15(22)19-17-16(18(23)24-3)13-6-4-5-7-14(13)26-17/h8H,4-7,9-10H2,1-3H3,(H,19,22). The van der Waals surface area contributed by atoms with Crippen molar-refractivity contribution in [2.75, 3.05) is 26.0 Å². The quantitative estimate of drug-likeness (QED) is 0.779. The molecule has 140 valence electrons. The Morgan fingerprint density at radius 2 is 2.15 bits per heavy atom. The van der Waals surface area contributed by atoms with Crippen molar-refractivity contribution in [3.8, 4) is 0 Å². The minimum atomic E-state index is -0.383. The third-order valence-corrected chi connectivity index (χ3v) is 5.54. The molecule has 1 aliphatic rings. The average Bonchev–Trinajstić information content (AvgIpc) is 3.16. The van der Waals surface area contributed by atoms with E-state index in [4.69, 9.17) is 9.26 Å². The van der Waals surface area contributed by atoms with Crippen LogP contribution in [0.1, 0.15) is 45.1 Å². The second-order valence-corrected chi connectivity index (χ2v) is 7.66. The van der Waals surface area contributed by atoms with Gasteiger partial charge in [-0.05, 0) is 45.2 Å². The number of hydrogen-bond donors (Lipinski definition) is 1. The maximum atomic E-state index is 12.5. The van der Waals surface area contributed by atoms with Crippen molar-refractivity contribution in [2.24, 2.45) is 0 Å². The fourth-order valence-electron chi connectivity index (χ4n) is 3.21. The lowest BCUT2D eigenvalue weighted by atomic mass is 9.95. The number of nitrogens with one attached hydrogen (secondary N) is 1. The largest absolute Gasteiger partial charge is 0.465 e. The molecule has 0 fully saturated rings. The van der Waals surface area contributed by atoms with Gasteiger partial charge in [0.05, 0.1) is 24.9 Å². The fourth-order valence-corrected chi connectivity index (χ4v) is 4.50. The third kappa shape index (κ3) is 4.13. The molecule has 7 nitrogen and oxygen atoms in total. The third-order valence-electron chi connectivity index (χ3n) is 4.34. The Labute approximate surface area is 156 Å².